The Hall–Kier alpha value is -2.40. The van der Waals surface area contributed by atoms with Gasteiger partial charge in [0.05, 0.1) is 19.3 Å². The molecule has 0 radical (unpaired) electrons. The van der Waals surface area contributed by atoms with Crippen molar-refractivity contribution in [2.75, 3.05) is 19.0 Å². The molecule has 2 aromatic rings. The van der Waals surface area contributed by atoms with Crippen LogP contribution in [0.2, 0.25) is 0 Å². The summed E-state index contributed by atoms with van der Waals surface area (Å²) in [4.78, 5) is 0. The predicted octanol–water partition coefficient (Wildman–Crippen LogP) is 2.43. The molecule has 0 fully saturated rings. The Morgan fingerprint density at radius 2 is 1.62 bits per heavy atom. The normalized spacial score (nSPS) is 13.5. The lowest BCUT2D eigenvalue weighted by molar-refractivity contribution is 0.223. The van der Waals surface area contributed by atoms with Gasteiger partial charge in [0.15, 0.2) is 0 Å². The van der Waals surface area contributed by atoms with Crippen LogP contribution in [0.4, 0.5) is 5.69 Å². The number of nitrogens with one attached hydrogen (secondary N) is 1. The van der Waals surface area contributed by atoms with E-state index in [1.54, 1.807) is 26.2 Å². The van der Waals surface area contributed by atoms with Crippen molar-refractivity contribution in [2.45, 2.75) is 12.5 Å². The fourth-order valence-corrected chi connectivity index (χ4v) is 2.11. The average molecular weight is 289 g/mol. The number of aromatic hydroxyl groups is 2. The number of hydrogen-bond acceptors (Lipinski definition) is 5. The van der Waals surface area contributed by atoms with Crippen LogP contribution < -0.4 is 10.1 Å². The summed E-state index contributed by atoms with van der Waals surface area (Å²) in [6, 6.07) is 11.5. The van der Waals surface area contributed by atoms with Gasteiger partial charge in [-0.2, -0.15) is 0 Å². The van der Waals surface area contributed by atoms with Crippen LogP contribution in [-0.2, 0) is 5.54 Å². The maximum Gasteiger partial charge on any atom is 0.119 e. The van der Waals surface area contributed by atoms with Gasteiger partial charge in [-0.05, 0) is 48.9 Å². The van der Waals surface area contributed by atoms with Gasteiger partial charge >= 0.3 is 0 Å². The SMILES string of the molecule is COc1ccc(NC(C)(CO)c2cc(O)cc(O)c2)cc1. The highest BCUT2D eigenvalue weighted by Gasteiger charge is 2.26. The van der Waals surface area contributed by atoms with Gasteiger partial charge in [0.1, 0.15) is 17.2 Å². The second-order valence-corrected chi connectivity index (χ2v) is 5.08. The van der Waals surface area contributed by atoms with E-state index in [4.69, 9.17) is 4.74 Å². The summed E-state index contributed by atoms with van der Waals surface area (Å²) in [7, 11) is 1.59. The van der Waals surface area contributed by atoms with Crippen LogP contribution in [0.1, 0.15) is 12.5 Å². The van der Waals surface area contributed by atoms with Crippen molar-refractivity contribution >= 4 is 5.69 Å². The molecule has 5 nitrogen and oxygen atoms in total. The topological polar surface area (TPSA) is 82.0 Å². The molecular formula is C16H19NO4. The summed E-state index contributed by atoms with van der Waals surface area (Å²) in [6.45, 7) is 1.58. The Bertz CT molecular complexity index is 592. The fourth-order valence-electron chi connectivity index (χ4n) is 2.11. The molecule has 0 heterocycles. The molecule has 2 aromatic carbocycles. The second kappa shape index (κ2) is 5.93. The van der Waals surface area contributed by atoms with Crippen molar-refractivity contribution < 1.29 is 20.1 Å². The summed E-state index contributed by atoms with van der Waals surface area (Å²) in [5, 5.41) is 32.1. The number of aliphatic hydroxyl groups excluding tert-OH is 1. The Balaban J connectivity index is 2.31. The van der Waals surface area contributed by atoms with Gasteiger partial charge in [-0.1, -0.05) is 0 Å². The van der Waals surface area contributed by atoms with Crippen LogP contribution in [-0.4, -0.2) is 29.0 Å². The Kier molecular flexibility index (Phi) is 4.23. The van der Waals surface area contributed by atoms with E-state index < -0.39 is 5.54 Å². The van der Waals surface area contributed by atoms with Gasteiger partial charge < -0.3 is 25.4 Å². The molecule has 2 rings (SSSR count). The third-order valence-electron chi connectivity index (χ3n) is 3.37. The van der Waals surface area contributed by atoms with Crippen molar-refractivity contribution in [3.63, 3.8) is 0 Å². The smallest absolute Gasteiger partial charge is 0.119 e. The predicted molar refractivity (Wildman–Crippen MR) is 80.8 cm³/mol. The second-order valence-electron chi connectivity index (χ2n) is 5.08. The van der Waals surface area contributed by atoms with Crippen molar-refractivity contribution in [3.05, 3.63) is 48.0 Å². The molecule has 0 aliphatic heterocycles. The lowest BCUT2D eigenvalue weighted by Crippen LogP contribution is -2.35. The molecule has 0 aromatic heterocycles. The number of aliphatic hydroxyl groups is 1. The maximum absolute atomic E-state index is 9.73. The molecule has 0 spiro atoms. The zero-order valence-corrected chi connectivity index (χ0v) is 12.0. The highest BCUT2D eigenvalue weighted by molar-refractivity contribution is 5.51. The maximum atomic E-state index is 9.73. The number of ether oxygens (including phenoxy) is 1. The lowest BCUT2D eigenvalue weighted by atomic mass is 9.92. The minimum absolute atomic E-state index is 0.0544. The molecular weight excluding hydrogens is 270 g/mol. The number of benzene rings is 2. The van der Waals surface area contributed by atoms with Crippen LogP contribution in [0.3, 0.4) is 0 Å². The van der Waals surface area contributed by atoms with E-state index >= 15 is 0 Å². The highest BCUT2D eigenvalue weighted by atomic mass is 16.5. The number of anilines is 1. The van der Waals surface area contributed by atoms with E-state index in [1.807, 2.05) is 12.1 Å². The standard InChI is InChI=1S/C16H19NO4/c1-16(10-18,11-7-13(19)9-14(20)8-11)17-12-3-5-15(21-2)6-4-12/h3-9,17-20H,10H2,1-2H3. The molecule has 5 heteroatoms. The van der Waals surface area contributed by atoms with E-state index in [1.165, 1.54) is 18.2 Å². The monoisotopic (exact) mass is 289 g/mol. The van der Waals surface area contributed by atoms with Crippen LogP contribution in [0.25, 0.3) is 0 Å². The lowest BCUT2D eigenvalue weighted by Gasteiger charge is -2.31. The van der Waals surface area contributed by atoms with E-state index in [-0.39, 0.29) is 18.1 Å². The van der Waals surface area contributed by atoms with Crippen LogP contribution in [0, 0.1) is 0 Å². The third kappa shape index (κ3) is 3.38. The van der Waals surface area contributed by atoms with E-state index in [9.17, 15) is 15.3 Å². The van der Waals surface area contributed by atoms with Crippen molar-refractivity contribution in [1.29, 1.82) is 0 Å². The number of phenolic OH excluding ortho intramolecular Hbond substituents is 2. The third-order valence-corrected chi connectivity index (χ3v) is 3.37. The first-order valence-electron chi connectivity index (χ1n) is 6.53. The Morgan fingerprint density at radius 1 is 1.05 bits per heavy atom. The summed E-state index contributed by atoms with van der Waals surface area (Å²) >= 11 is 0. The average Bonchev–Trinajstić information content (AvgIpc) is 2.47. The van der Waals surface area contributed by atoms with Gasteiger partial charge in [0.25, 0.3) is 0 Å². The Morgan fingerprint density at radius 3 is 2.10 bits per heavy atom. The van der Waals surface area contributed by atoms with Crippen LogP contribution in [0.15, 0.2) is 42.5 Å². The van der Waals surface area contributed by atoms with Crippen LogP contribution in [0.5, 0.6) is 17.2 Å². The van der Waals surface area contributed by atoms with Gasteiger partial charge in [-0.25, -0.2) is 0 Å². The molecule has 1 unspecified atom stereocenters. The first kappa shape index (κ1) is 15.0. The van der Waals surface area contributed by atoms with Gasteiger partial charge in [-0.3, -0.25) is 0 Å². The van der Waals surface area contributed by atoms with Crippen molar-refractivity contribution in [1.82, 2.24) is 0 Å². The van der Waals surface area contributed by atoms with Gasteiger partial charge in [0, 0.05) is 11.8 Å². The molecule has 21 heavy (non-hydrogen) atoms. The largest absolute Gasteiger partial charge is 0.508 e. The summed E-state index contributed by atoms with van der Waals surface area (Å²) in [5.41, 5.74) is 0.527. The quantitative estimate of drug-likeness (QED) is 0.679. The first-order chi connectivity index (χ1) is 9.96. The summed E-state index contributed by atoms with van der Waals surface area (Å²) in [6.07, 6.45) is 0. The van der Waals surface area contributed by atoms with Crippen LogP contribution >= 0.6 is 0 Å². The zero-order chi connectivity index (χ0) is 15.5. The molecule has 4 N–H and O–H groups in total. The van der Waals surface area contributed by atoms with Crippen molar-refractivity contribution in [2.24, 2.45) is 0 Å². The molecule has 1 atom stereocenters. The van der Waals surface area contributed by atoms with Gasteiger partial charge in [0.2, 0.25) is 0 Å². The Labute approximate surface area is 123 Å². The summed E-state index contributed by atoms with van der Waals surface area (Å²) in [5.74, 6) is 0.628. The molecule has 112 valence electrons. The molecule has 0 aliphatic carbocycles. The van der Waals surface area contributed by atoms with Crippen molar-refractivity contribution in [3.8, 4) is 17.2 Å². The molecule has 0 bridgehead atoms. The fraction of sp³-hybridized carbons (Fsp3) is 0.250. The van der Waals surface area contributed by atoms with E-state index in [2.05, 4.69) is 5.32 Å². The first-order valence-corrected chi connectivity index (χ1v) is 6.53. The highest BCUT2D eigenvalue weighted by Crippen LogP contribution is 2.31. The van der Waals surface area contributed by atoms with E-state index in [0.29, 0.717) is 5.56 Å². The molecule has 0 aliphatic rings. The zero-order valence-electron chi connectivity index (χ0n) is 12.0. The summed E-state index contributed by atoms with van der Waals surface area (Å²) < 4.78 is 5.10. The van der Waals surface area contributed by atoms with Gasteiger partial charge in [-0.15, -0.1) is 0 Å². The minimum atomic E-state index is -0.842. The molecule has 0 amide bonds. The van der Waals surface area contributed by atoms with E-state index in [0.717, 1.165) is 11.4 Å². The molecule has 0 saturated heterocycles. The number of phenols is 2. The molecule has 0 saturated carbocycles. The number of rotatable bonds is 5. The minimum Gasteiger partial charge on any atom is -0.508 e. The number of hydrogen-bond donors (Lipinski definition) is 4. The number of methoxy groups -OCH3 is 1.